The van der Waals surface area contributed by atoms with Crippen LogP contribution in [0.15, 0.2) is 18.2 Å². The van der Waals surface area contributed by atoms with Crippen LogP contribution in [0.4, 0.5) is 5.69 Å². The van der Waals surface area contributed by atoms with E-state index < -0.39 is 0 Å². The zero-order valence-electron chi connectivity index (χ0n) is 13.3. The maximum atomic E-state index is 12.3. The molecule has 0 bridgehead atoms. The second-order valence-corrected chi connectivity index (χ2v) is 5.72. The SMILES string of the molecule is CCN(CC)C(=O)C1CC1C(=O)Nc1c(C)cccc1C. The Bertz CT molecular complexity index is 529. The Morgan fingerprint density at radius 1 is 1.14 bits per heavy atom. The van der Waals surface area contributed by atoms with Crippen molar-refractivity contribution in [1.82, 2.24) is 4.90 Å². The quantitative estimate of drug-likeness (QED) is 0.905. The molecule has 2 rings (SSSR count). The second kappa shape index (κ2) is 6.29. The summed E-state index contributed by atoms with van der Waals surface area (Å²) in [6, 6.07) is 5.94. The summed E-state index contributed by atoms with van der Waals surface area (Å²) in [4.78, 5) is 26.3. The second-order valence-electron chi connectivity index (χ2n) is 5.72. The minimum absolute atomic E-state index is 0.0297. The Labute approximate surface area is 126 Å². The van der Waals surface area contributed by atoms with Gasteiger partial charge in [-0.15, -0.1) is 0 Å². The topological polar surface area (TPSA) is 49.4 Å². The molecule has 0 aromatic heterocycles. The van der Waals surface area contributed by atoms with Crippen LogP contribution in [0.2, 0.25) is 0 Å². The van der Waals surface area contributed by atoms with Crippen LogP contribution in [0.1, 0.15) is 31.4 Å². The van der Waals surface area contributed by atoms with Crippen LogP contribution in [0.25, 0.3) is 0 Å². The fraction of sp³-hybridized carbons (Fsp3) is 0.529. The van der Waals surface area contributed by atoms with Gasteiger partial charge in [-0.05, 0) is 45.2 Å². The number of hydrogen-bond donors (Lipinski definition) is 1. The standard InChI is InChI=1S/C17H24N2O2/c1-5-19(6-2)17(21)14-10-13(14)16(20)18-15-11(3)8-7-9-12(15)4/h7-9,13-14H,5-6,10H2,1-4H3,(H,18,20). The molecule has 2 amide bonds. The summed E-state index contributed by atoms with van der Waals surface area (Å²) < 4.78 is 0. The third kappa shape index (κ3) is 3.26. The lowest BCUT2D eigenvalue weighted by Gasteiger charge is -2.18. The molecule has 4 nitrogen and oxygen atoms in total. The molecule has 1 aromatic rings. The van der Waals surface area contributed by atoms with Gasteiger partial charge in [-0.3, -0.25) is 9.59 Å². The molecule has 1 saturated carbocycles. The number of anilines is 1. The predicted octanol–water partition coefficient (Wildman–Crippen LogP) is 2.75. The molecule has 1 aliphatic carbocycles. The molecule has 2 atom stereocenters. The van der Waals surface area contributed by atoms with Gasteiger partial charge in [-0.25, -0.2) is 0 Å². The Kier molecular flexibility index (Phi) is 4.66. The van der Waals surface area contributed by atoms with Crippen molar-refractivity contribution in [2.75, 3.05) is 18.4 Å². The average Bonchev–Trinajstić information content (AvgIpc) is 3.24. The van der Waals surface area contributed by atoms with Gasteiger partial charge < -0.3 is 10.2 Å². The Hall–Kier alpha value is -1.84. The molecule has 114 valence electrons. The largest absolute Gasteiger partial charge is 0.343 e. The van der Waals surface area contributed by atoms with Gasteiger partial charge in [-0.2, -0.15) is 0 Å². The molecular weight excluding hydrogens is 264 g/mol. The highest BCUT2D eigenvalue weighted by Crippen LogP contribution is 2.41. The minimum Gasteiger partial charge on any atom is -0.343 e. The molecule has 0 radical (unpaired) electrons. The molecule has 1 aliphatic rings. The number of nitrogens with zero attached hydrogens (tertiary/aromatic N) is 1. The summed E-state index contributed by atoms with van der Waals surface area (Å²) >= 11 is 0. The van der Waals surface area contributed by atoms with E-state index in [4.69, 9.17) is 0 Å². The van der Waals surface area contributed by atoms with Crippen molar-refractivity contribution in [2.45, 2.75) is 34.1 Å². The first-order valence-electron chi connectivity index (χ1n) is 7.65. The summed E-state index contributed by atoms with van der Waals surface area (Å²) in [5.41, 5.74) is 2.98. The van der Waals surface area contributed by atoms with E-state index in [2.05, 4.69) is 5.32 Å². The van der Waals surface area contributed by atoms with Gasteiger partial charge in [-0.1, -0.05) is 18.2 Å². The van der Waals surface area contributed by atoms with Crippen molar-refractivity contribution < 1.29 is 9.59 Å². The number of nitrogens with one attached hydrogen (secondary N) is 1. The van der Waals surface area contributed by atoms with Crippen molar-refractivity contribution in [3.05, 3.63) is 29.3 Å². The monoisotopic (exact) mass is 288 g/mol. The van der Waals surface area contributed by atoms with E-state index in [1.807, 2.05) is 45.9 Å². The summed E-state index contributed by atoms with van der Waals surface area (Å²) in [5.74, 6) is -0.217. The number of benzene rings is 1. The van der Waals surface area contributed by atoms with Crippen LogP contribution < -0.4 is 5.32 Å². The first-order valence-corrected chi connectivity index (χ1v) is 7.65. The molecule has 21 heavy (non-hydrogen) atoms. The highest BCUT2D eigenvalue weighted by Gasteiger charge is 2.49. The van der Waals surface area contributed by atoms with E-state index in [9.17, 15) is 9.59 Å². The van der Waals surface area contributed by atoms with Gasteiger partial charge in [0.25, 0.3) is 0 Å². The summed E-state index contributed by atoms with van der Waals surface area (Å²) in [6.07, 6.45) is 0.673. The molecule has 1 aromatic carbocycles. The van der Waals surface area contributed by atoms with Crippen molar-refractivity contribution in [3.8, 4) is 0 Å². The summed E-state index contributed by atoms with van der Waals surface area (Å²) in [6.45, 7) is 9.31. The van der Waals surface area contributed by atoms with E-state index in [1.165, 1.54) is 0 Å². The minimum atomic E-state index is -0.169. The van der Waals surface area contributed by atoms with E-state index in [0.717, 1.165) is 16.8 Å². The Morgan fingerprint density at radius 3 is 2.24 bits per heavy atom. The third-order valence-corrected chi connectivity index (χ3v) is 4.25. The molecule has 0 aliphatic heterocycles. The Balaban J connectivity index is 1.99. The van der Waals surface area contributed by atoms with E-state index in [0.29, 0.717) is 19.5 Å². The zero-order chi connectivity index (χ0) is 15.6. The van der Waals surface area contributed by atoms with Gasteiger partial charge in [0.05, 0.1) is 11.8 Å². The van der Waals surface area contributed by atoms with Crippen molar-refractivity contribution in [1.29, 1.82) is 0 Å². The van der Waals surface area contributed by atoms with Crippen molar-refractivity contribution >= 4 is 17.5 Å². The van der Waals surface area contributed by atoms with Gasteiger partial charge in [0.2, 0.25) is 11.8 Å². The fourth-order valence-electron chi connectivity index (χ4n) is 2.76. The zero-order valence-corrected chi connectivity index (χ0v) is 13.3. The average molecular weight is 288 g/mol. The van der Waals surface area contributed by atoms with Crippen LogP contribution in [0.3, 0.4) is 0 Å². The molecule has 2 unspecified atom stereocenters. The highest BCUT2D eigenvalue weighted by atomic mass is 16.2. The van der Waals surface area contributed by atoms with Gasteiger partial charge in [0.1, 0.15) is 0 Å². The molecular formula is C17H24N2O2. The van der Waals surface area contributed by atoms with Gasteiger partial charge in [0, 0.05) is 18.8 Å². The van der Waals surface area contributed by atoms with E-state index in [-0.39, 0.29) is 23.7 Å². The molecule has 0 spiro atoms. The lowest BCUT2D eigenvalue weighted by atomic mass is 10.1. The predicted molar refractivity (Wildman–Crippen MR) is 84.1 cm³/mol. The first-order chi connectivity index (χ1) is 9.99. The maximum absolute atomic E-state index is 12.3. The van der Waals surface area contributed by atoms with E-state index >= 15 is 0 Å². The summed E-state index contributed by atoms with van der Waals surface area (Å²) in [5, 5.41) is 2.99. The van der Waals surface area contributed by atoms with Gasteiger partial charge in [0.15, 0.2) is 0 Å². The molecule has 1 fully saturated rings. The number of rotatable bonds is 5. The Morgan fingerprint density at radius 2 is 1.71 bits per heavy atom. The maximum Gasteiger partial charge on any atom is 0.228 e. The van der Waals surface area contributed by atoms with E-state index in [1.54, 1.807) is 4.90 Å². The number of aryl methyl sites for hydroxylation is 2. The summed E-state index contributed by atoms with van der Waals surface area (Å²) in [7, 11) is 0. The number of para-hydroxylation sites is 1. The number of hydrogen-bond acceptors (Lipinski definition) is 2. The molecule has 0 heterocycles. The van der Waals surface area contributed by atoms with Gasteiger partial charge >= 0.3 is 0 Å². The van der Waals surface area contributed by atoms with Crippen molar-refractivity contribution in [2.24, 2.45) is 11.8 Å². The van der Waals surface area contributed by atoms with Crippen LogP contribution in [-0.2, 0) is 9.59 Å². The molecule has 0 saturated heterocycles. The first kappa shape index (κ1) is 15.5. The molecule has 1 N–H and O–H groups in total. The lowest BCUT2D eigenvalue weighted by molar-refractivity contribution is -0.133. The third-order valence-electron chi connectivity index (χ3n) is 4.25. The van der Waals surface area contributed by atoms with Crippen LogP contribution in [0, 0.1) is 25.7 Å². The van der Waals surface area contributed by atoms with Crippen LogP contribution in [0.5, 0.6) is 0 Å². The lowest BCUT2D eigenvalue weighted by Crippen LogP contribution is -2.33. The number of amides is 2. The smallest absolute Gasteiger partial charge is 0.228 e. The van der Waals surface area contributed by atoms with Crippen molar-refractivity contribution in [3.63, 3.8) is 0 Å². The highest BCUT2D eigenvalue weighted by molar-refractivity contribution is 6.00. The normalized spacial score (nSPS) is 20.0. The molecule has 4 heteroatoms. The van der Waals surface area contributed by atoms with Crippen LogP contribution in [-0.4, -0.2) is 29.8 Å². The number of carbonyl (C=O) groups is 2. The number of carbonyl (C=O) groups excluding carboxylic acids is 2. The fourth-order valence-corrected chi connectivity index (χ4v) is 2.76. The van der Waals surface area contributed by atoms with Crippen LogP contribution >= 0.6 is 0 Å².